The van der Waals surface area contributed by atoms with Gasteiger partial charge in [0.2, 0.25) is 0 Å². The van der Waals surface area contributed by atoms with Gasteiger partial charge in [-0.3, -0.25) is 0 Å². The van der Waals surface area contributed by atoms with Crippen molar-refractivity contribution in [3.8, 4) is 0 Å². The molecule has 0 spiro atoms. The van der Waals surface area contributed by atoms with Crippen molar-refractivity contribution in [2.24, 2.45) is 0 Å². The summed E-state index contributed by atoms with van der Waals surface area (Å²) in [7, 11) is 0. The minimum Gasteiger partial charge on any atom is -0.388 e. The van der Waals surface area contributed by atoms with Crippen molar-refractivity contribution in [2.75, 3.05) is 6.61 Å². The highest BCUT2D eigenvalue weighted by Gasteiger charge is 2.43. The molecule has 132 valence electrons. The van der Waals surface area contributed by atoms with Crippen LogP contribution in [0.2, 0.25) is 0 Å². The minimum absolute atomic E-state index is 0.203. The van der Waals surface area contributed by atoms with Crippen LogP contribution in [0.5, 0.6) is 0 Å². The molecule has 1 unspecified atom stereocenters. The number of aliphatic hydroxyl groups is 1. The van der Waals surface area contributed by atoms with E-state index in [1.807, 2.05) is 60.7 Å². The fourth-order valence-corrected chi connectivity index (χ4v) is 3.21. The Bertz CT molecular complexity index is 662. The number of hydrogen-bond acceptors (Lipinski definition) is 5. The van der Waals surface area contributed by atoms with E-state index in [1.54, 1.807) is 0 Å². The summed E-state index contributed by atoms with van der Waals surface area (Å²) in [5.41, 5.74) is 2.01. The largest absolute Gasteiger partial charge is 0.388 e. The van der Waals surface area contributed by atoms with Gasteiger partial charge in [0.1, 0.15) is 12.2 Å². The summed E-state index contributed by atoms with van der Waals surface area (Å²) in [6.07, 6.45) is -1.77. The molecule has 2 fully saturated rings. The Morgan fingerprint density at radius 2 is 1.64 bits per heavy atom. The van der Waals surface area contributed by atoms with Crippen molar-refractivity contribution in [2.45, 2.75) is 43.9 Å². The molecule has 2 aliphatic heterocycles. The maximum Gasteiger partial charge on any atom is 0.184 e. The van der Waals surface area contributed by atoms with Crippen LogP contribution in [0.15, 0.2) is 60.7 Å². The van der Waals surface area contributed by atoms with E-state index >= 15 is 0 Å². The number of aliphatic hydroxyl groups excluding tert-OH is 1. The van der Waals surface area contributed by atoms with E-state index in [2.05, 4.69) is 0 Å². The van der Waals surface area contributed by atoms with Gasteiger partial charge in [-0.15, -0.1) is 0 Å². The molecule has 2 aromatic carbocycles. The normalized spacial score (nSPS) is 32.1. The molecule has 2 aliphatic rings. The van der Waals surface area contributed by atoms with Crippen LogP contribution in [0.25, 0.3) is 0 Å². The summed E-state index contributed by atoms with van der Waals surface area (Å²) >= 11 is 0. The summed E-state index contributed by atoms with van der Waals surface area (Å²) in [4.78, 5) is 0. The molecule has 0 bridgehead atoms. The summed E-state index contributed by atoms with van der Waals surface area (Å²) in [6.45, 7) is 0.816. The molecule has 5 atom stereocenters. The predicted octanol–water partition coefficient (Wildman–Crippen LogP) is 2.79. The van der Waals surface area contributed by atoms with Gasteiger partial charge in [0.15, 0.2) is 12.6 Å². The second-order valence-electron chi connectivity index (χ2n) is 6.39. The van der Waals surface area contributed by atoms with Crippen LogP contribution in [0.4, 0.5) is 0 Å². The first-order valence-corrected chi connectivity index (χ1v) is 8.60. The lowest BCUT2D eigenvalue weighted by molar-refractivity contribution is -0.338. The molecule has 1 N–H and O–H groups in total. The maximum atomic E-state index is 10.4. The molecule has 0 saturated carbocycles. The number of fused-ring (bicyclic) bond motifs is 1. The Morgan fingerprint density at radius 1 is 0.920 bits per heavy atom. The second-order valence-corrected chi connectivity index (χ2v) is 6.39. The third-order valence-corrected chi connectivity index (χ3v) is 4.55. The van der Waals surface area contributed by atoms with Crippen LogP contribution in [0.1, 0.15) is 23.8 Å². The zero-order valence-electron chi connectivity index (χ0n) is 13.9. The van der Waals surface area contributed by atoms with Gasteiger partial charge in [-0.1, -0.05) is 60.7 Å². The standard InChI is InChI=1S/C20H22O5/c21-16-11-17-18(13-23-19(24-17)15-9-5-2-6-10-15)25-20(16)22-12-14-7-3-1-4-8-14/h1-10,16-21H,11-13H2/t16-,17-,18+,19?,20-/m0/s1. The molecule has 2 aromatic rings. The average molecular weight is 342 g/mol. The number of ether oxygens (including phenoxy) is 4. The molecular weight excluding hydrogens is 320 g/mol. The van der Waals surface area contributed by atoms with E-state index in [-0.39, 0.29) is 12.2 Å². The third kappa shape index (κ3) is 3.92. The van der Waals surface area contributed by atoms with Gasteiger partial charge >= 0.3 is 0 Å². The van der Waals surface area contributed by atoms with Gasteiger partial charge in [-0.05, 0) is 5.56 Å². The highest BCUT2D eigenvalue weighted by atomic mass is 16.7. The first-order valence-electron chi connectivity index (χ1n) is 8.60. The Labute approximate surface area is 147 Å². The quantitative estimate of drug-likeness (QED) is 0.926. The van der Waals surface area contributed by atoms with E-state index in [1.165, 1.54) is 0 Å². The minimum atomic E-state index is -0.723. The molecular formula is C20H22O5. The van der Waals surface area contributed by atoms with E-state index < -0.39 is 18.7 Å². The van der Waals surface area contributed by atoms with Crippen LogP contribution in [0.3, 0.4) is 0 Å². The van der Waals surface area contributed by atoms with Crippen molar-refractivity contribution in [3.63, 3.8) is 0 Å². The third-order valence-electron chi connectivity index (χ3n) is 4.55. The molecule has 0 radical (unpaired) electrons. The monoisotopic (exact) mass is 342 g/mol. The first-order chi connectivity index (χ1) is 12.3. The zero-order valence-corrected chi connectivity index (χ0v) is 13.9. The Kier molecular flexibility index (Phi) is 5.10. The van der Waals surface area contributed by atoms with Crippen molar-refractivity contribution in [3.05, 3.63) is 71.8 Å². The van der Waals surface area contributed by atoms with Crippen molar-refractivity contribution in [1.82, 2.24) is 0 Å². The Morgan fingerprint density at radius 3 is 2.40 bits per heavy atom. The lowest BCUT2D eigenvalue weighted by Crippen LogP contribution is -2.53. The van der Waals surface area contributed by atoms with Gasteiger partial charge in [0.05, 0.1) is 19.3 Å². The molecule has 0 amide bonds. The van der Waals surface area contributed by atoms with Crippen LogP contribution in [-0.2, 0) is 25.6 Å². The first kappa shape index (κ1) is 16.7. The molecule has 5 nitrogen and oxygen atoms in total. The summed E-state index contributed by atoms with van der Waals surface area (Å²) in [5.74, 6) is 0. The highest BCUT2D eigenvalue weighted by molar-refractivity contribution is 5.16. The SMILES string of the molecule is O[C@H]1C[C@@H]2OC(c3ccccc3)OC[C@H]2O[C@@H]1OCc1ccccc1. The summed E-state index contributed by atoms with van der Waals surface area (Å²) in [6, 6.07) is 19.6. The van der Waals surface area contributed by atoms with Gasteiger partial charge in [-0.25, -0.2) is 0 Å². The summed E-state index contributed by atoms with van der Waals surface area (Å²) in [5, 5.41) is 10.4. The van der Waals surface area contributed by atoms with E-state index in [4.69, 9.17) is 18.9 Å². The highest BCUT2D eigenvalue weighted by Crippen LogP contribution is 2.34. The fourth-order valence-electron chi connectivity index (χ4n) is 3.21. The van der Waals surface area contributed by atoms with Crippen LogP contribution in [0, 0.1) is 0 Å². The predicted molar refractivity (Wildman–Crippen MR) is 90.5 cm³/mol. The van der Waals surface area contributed by atoms with Crippen molar-refractivity contribution in [1.29, 1.82) is 0 Å². The topological polar surface area (TPSA) is 57.2 Å². The molecule has 5 heteroatoms. The number of rotatable bonds is 4. The van der Waals surface area contributed by atoms with Gasteiger partial charge in [-0.2, -0.15) is 0 Å². The molecule has 25 heavy (non-hydrogen) atoms. The zero-order chi connectivity index (χ0) is 17.1. The van der Waals surface area contributed by atoms with Crippen LogP contribution < -0.4 is 0 Å². The lowest BCUT2D eigenvalue weighted by atomic mass is 10.0. The summed E-state index contributed by atoms with van der Waals surface area (Å²) < 4.78 is 23.4. The second kappa shape index (κ2) is 7.64. The smallest absolute Gasteiger partial charge is 0.184 e. The van der Waals surface area contributed by atoms with Gasteiger partial charge in [0.25, 0.3) is 0 Å². The van der Waals surface area contributed by atoms with E-state index in [0.717, 1.165) is 11.1 Å². The van der Waals surface area contributed by atoms with E-state index in [0.29, 0.717) is 19.6 Å². The number of hydrogen-bond donors (Lipinski definition) is 1. The molecule has 2 heterocycles. The fraction of sp³-hybridized carbons (Fsp3) is 0.400. The molecule has 2 saturated heterocycles. The Hall–Kier alpha value is -1.76. The Balaban J connectivity index is 1.35. The van der Waals surface area contributed by atoms with Gasteiger partial charge in [0, 0.05) is 12.0 Å². The number of benzene rings is 2. The molecule has 0 aromatic heterocycles. The average Bonchev–Trinajstić information content (AvgIpc) is 2.67. The lowest BCUT2D eigenvalue weighted by Gasteiger charge is -2.43. The maximum absolute atomic E-state index is 10.4. The van der Waals surface area contributed by atoms with Crippen LogP contribution >= 0.6 is 0 Å². The van der Waals surface area contributed by atoms with Crippen molar-refractivity contribution >= 4 is 0 Å². The van der Waals surface area contributed by atoms with Gasteiger partial charge < -0.3 is 24.1 Å². The van der Waals surface area contributed by atoms with Crippen LogP contribution in [-0.4, -0.2) is 36.3 Å². The molecule has 0 aliphatic carbocycles. The molecule has 4 rings (SSSR count). The van der Waals surface area contributed by atoms with E-state index in [9.17, 15) is 5.11 Å². The van der Waals surface area contributed by atoms with Crippen molar-refractivity contribution < 1.29 is 24.1 Å².